The van der Waals surface area contributed by atoms with Gasteiger partial charge in [0.05, 0.1) is 6.54 Å². The van der Waals surface area contributed by atoms with Gasteiger partial charge in [-0.25, -0.2) is 4.79 Å². The summed E-state index contributed by atoms with van der Waals surface area (Å²) in [5.41, 5.74) is 1.91. The van der Waals surface area contributed by atoms with Crippen molar-refractivity contribution in [2.75, 3.05) is 13.7 Å². The molecule has 1 aromatic heterocycles. The lowest BCUT2D eigenvalue weighted by atomic mass is 9.95. The number of carboxylic acids is 1. The Morgan fingerprint density at radius 2 is 1.87 bits per heavy atom. The Labute approximate surface area is 189 Å². The molecule has 0 radical (unpaired) electrons. The number of ether oxygens (including phenoxy) is 1. The molecule has 0 spiro atoms. The van der Waals surface area contributed by atoms with E-state index >= 15 is 0 Å². The first-order valence-electron chi connectivity index (χ1n) is 11.1. The minimum absolute atomic E-state index is 0.238. The second kappa shape index (κ2) is 10.4. The minimum atomic E-state index is -1.22. The van der Waals surface area contributed by atoms with Gasteiger partial charge in [0.2, 0.25) is 5.91 Å². The monoisotopic (exact) mass is 443 g/mol. The Morgan fingerprint density at radius 3 is 2.48 bits per heavy atom. The summed E-state index contributed by atoms with van der Waals surface area (Å²) >= 11 is 1.67. The van der Waals surface area contributed by atoms with Crippen molar-refractivity contribution in [3.63, 3.8) is 0 Å². The summed E-state index contributed by atoms with van der Waals surface area (Å²) in [6.45, 7) is 4.41. The summed E-state index contributed by atoms with van der Waals surface area (Å²) in [6.07, 6.45) is 5.89. The summed E-state index contributed by atoms with van der Waals surface area (Å²) < 4.78 is 5.48. The maximum atomic E-state index is 12.5. The number of aliphatic carboxylic acids is 1. The molecule has 5 nitrogen and oxygen atoms in total. The van der Waals surface area contributed by atoms with Crippen molar-refractivity contribution in [3.8, 4) is 11.1 Å². The average molecular weight is 444 g/mol. The summed E-state index contributed by atoms with van der Waals surface area (Å²) in [7, 11) is 1.89. The molecule has 0 aliphatic heterocycles. The quantitative estimate of drug-likeness (QED) is 0.536. The van der Waals surface area contributed by atoms with Crippen LogP contribution in [0.3, 0.4) is 0 Å². The van der Waals surface area contributed by atoms with Crippen LogP contribution in [0.4, 0.5) is 0 Å². The third kappa shape index (κ3) is 6.17. The topological polar surface area (TPSA) is 66.8 Å². The molecule has 1 heterocycles. The average Bonchev–Trinajstić information content (AvgIpc) is 3.41. The van der Waals surface area contributed by atoms with Gasteiger partial charge in [0.25, 0.3) is 0 Å². The Balaban J connectivity index is 1.60. The van der Waals surface area contributed by atoms with Crippen LogP contribution in [0.5, 0.6) is 0 Å². The van der Waals surface area contributed by atoms with Crippen LogP contribution in [-0.2, 0) is 27.3 Å². The summed E-state index contributed by atoms with van der Waals surface area (Å²) in [5, 5.41) is 11.6. The predicted octanol–water partition coefficient (Wildman–Crippen LogP) is 5.38. The van der Waals surface area contributed by atoms with Crippen LogP contribution in [0.15, 0.2) is 35.7 Å². The smallest absolute Gasteiger partial charge is 0.336 e. The number of thiophene rings is 1. The molecule has 1 saturated carbocycles. The van der Waals surface area contributed by atoms with Gasteiger partial charge < -0.3 is 14.7 Å². The van der Waals surface area contributed by atoms with E-state index in [9.17, 15) is 14.7 Å². The van der Waals surface area contributed by atoms with E-state index in [0.29, 0.717) is 31.9 Å². The largest absolute Gasteiger partial charge is 0.479 e. The number of benzene rings is 1. The molecule has 1 unspecified atom stereocenters. The zero-order valence-electron chi connectivity index (χ0n) is 18.7. The third-order valence-corrected chi connectivity index (χ3v) is 7.08. The van der Waals surface area contributed by atoms with Gasteiger partial charge in [0.1, 0.15) is 0 Å². The van der Waals surface area contributed by atoms with Crippen molar-refractivity contribution in [1.29, 1.82) is 0 Å². The molecule has 6 heteroatoms. The lowest BCUT2D eigenvalue weighted by Crippen LogP contribution is -2.40. The van der Waals surface area contributed by atoms with Crippen LogP contribution in [0, 0.1) is 5.92 Å². The molecule has 1 fully saturated rings. The fourth-order valence-electron chi connectivity index (χ4n) is 4.27. The van der Waals surface area contributed by atoms with Gasteiger partial charge in [-0.2, -0.15) is 0 Å². The number of nitrogens with zero attached hydrogens (tertiary/aromatic N) is 1. The SMILES string of the molecule is CCOC(C)(Cc1ccc(-c2csc(CN(C)C(=O)CC3CCCC3)c2)cc1)C(=O)O. The van der Waals surface area contributed by atoms with E-state index in [2.05, 4.69) is 11.4 Å². The second-order valence-corrected chi connectivity index (χ2v) is 9.74. The highest BCUT2D eigenvalue weighted by Crippen LogP contribution is 2.30. The van der Waals surface area contributed by atoms with Gasteiger partial charge in [-0.05, 0) is 60.7 Å². The standard InChI is InChI=1S/C25H33NO4S/c1-4-30-25(2,24(28)29)15-19-9-11-20(12-10-19)21-14-22(31-17-21)16-26(3)23(27)13-18-7-5-6-8-18/h9-12,14,17-18H,4-8,13,15-16H2,1-3H3,(H,28,29). The van der Waals surface area contributed by atoms with Gasteiger partial charge in [0.15, 0.2) is 5.60 Å². The molecule has 2 aromatic rings. The van der Waals surface area contributed by atoms with Gasteiger partial charge in [-0.15, -0.1) is 11.3 Å². The minimum Gasteiger partial charge on any atom is -0.479 e. The Kier molecular flexibility index (Phi) is 7.89. The van der Waals surface area contributed by atoms with Crippen molar-refractivity contribution in [3.05, 3.63) is 46.2 Å². The number of carbonyl (C=O) groups excluding carboxylic acids is 1. The zero-order chi connectivity index (χ0) is 22.4. The molecule has 0 bridgehead atoms. The molecule has 1 N–H and O–H groups in total. The first-order valence-corrected chi connectivity index (χ1v) is 12.0. The van der Waals surface area contributed by atoms with Gasteiger partial charge in [-0.1, -0.05) is 37.1 Å². The van der Waals surface area contributed by atoms with Crippen LogP contribution in [0.2, 0.25) is 0 Å². The number of carbonyl (C=O) groups is 2. The van der Waals surface area contributed by atoms with Crippen LogP contribution < -0.4 is 0 Å². The first kappa shape index (κ1) is 23.5. The van der Waals surface area contributed by atoms with Crippen molar-refractivity contribution in [1.82, 2.24) is 4.90 Å². The highest BCUT2D eigenvalue weighted by Gasteiger charge is 2.34. The highest BCUT2D eigenvalue weighted by atomic mass is 32.1. The van der Waals surface area contributed by atoms with E-state index < -0.39 is 11.6 Å². The zero-order valence-corrected chi connectivity index (χ0v) is 19.5. The number of rotatable bonds is 10. The first-order chi connectivity index (χ1) is 14.8. The van der Waals surface area contributed by atoms with Crippen molar-refractivity contribution in [2.45, 2.75) is 64.5 Å². The normalized spacial score (nSPS) is 16.2. The number of hydrogen-bond donors (Lipinski definition) is 1. The summed E-state index contributed by atoms with van der Waals surface area (Å²) in [6, 6.07) is 10.1. The molecular formula is C25H33NO4S. The molecule has 3 rings (SSSR count). The molecule has 168 valence electrons. The Morgan fingerprint density at radius 1 is 1.19 bits per heavy atom. The summed E-state index contributed by atoms with van der Waals surface area (Å²) in [4.78, 5) is 27.1. The number of carboxylic acid groups (broad SMARTS) is 1. The van der Waals surface area contributed by atoms with E-state index in [1.54, 1.807) is 25.2 Å². The molecule has 31 heavy (non-hydrogen) atoms. The maximum Gasteiger partial charge on any atom is 0.336 e. The van der Waals surface area contributed by atoms with Gasteiger partial charge >= 0.3 is 5.97 Å². The van der Waals surface area contributed by atoms with Crippen LogP contribution >= 0.6 is 11.3 Å². The van der Waals surface area contributed by atoms with Crippen LogP contribution in [0.25, 0.3) is 11.1 Å². The highest BCUT2D eigenvalue weighted by molar-refractivity contribution is 7.10. The van der Waals surface area contributed by atoms with E-state index in [4.69, 9.17) is 4.74 Å². The van der Waals surface area contributed by atoms with Crippen molar-refractivity contribution in [2.24, 2.45) is 5.92 Å². The molecule has 1 aliphatic rings. The predicted molar refractivity (Wildman–Crippen MR) is 124 cm³/mol. The maximum absolute atomic E-state index is 12.5. The van der Waals surface area contributed by atoms with Gasteiger partial charge in [-0.3, -0.25) is 4.79 Å². The molecule has 1 amide bonds. The van der Waals surface area contributed by atoms with E-state index in [1.807, 2.05) is 36.2 Å². The number of amides is 1. The Hall–Kier alpha value is -2.18. The fourth-order valence-corrected chi connectivity index (χ4v) is 5.21. The molecule has 1 atom stereocenters. The van der Waals surface area contributed by atoms with E-state index in [0.717, 1.165) is 21.6 Å². The molecular weight excluding hydrogens is 410 g/mol. The molecule has 0 saturated heterocycles. The van der Waals surface area contributed by atoms with E-state index in [-0.39, 0.29) is 5.91 Å². The number of hydrogen-bond acceptors (Lipinski definition) is 4. The van der Waals surface area contributed by atoms with E-state index in [1.165, 1.54) is 25.7 Å². The lowest BCUT2D eigenvalue weighted by molar-refractivity contribution is -0.162. The van der Waals surface area contributed by atoms with Crippen molar-refractivity contribution >= 4 is 23.2 Å². The third-order valence-electron chi connectivity index (χ3n) is 6.15. The van der Waals surface area contributed by atoms with Crippen LogP contribution in [0.1, 0.15) is 56.4 Å². The molecule has 1 aromatic carbocycles. The second-order valence-electron chi connectivity index (χ2n) is 8.75. The van der Waals surface area contributed by atoms with Crippen molar-refractivity contribution < 1.29 is 19.4 Å². The summed E-state index contributed by atoms with van der Waals surface area (Å²) in [5.74, 6) is -0.146. The van der Waals surface area contributed by atoms with Crippen LogP contribution in [-0.4, -0.2) is 41.1 Å². The Bertz CT molecular complexity index is 885. The van der Waals surface area contributed by atoms with Gasteiger partial charge in [0, 0.05) is 31.4 Å². The molecule has 1 aliphatic carbocycles. The fraction of sp³-hybridized carbons (Fsp3) is 0.520. The lowest BCUT2D eigenvalue weighted by Gasteiger charge is -2.24.